The Labute approximate surface area is 86.6 Å². The summed E-state index contributed by atoms with van der Waals surface area (Å²) in [5.41, 5.74) is 0.0863. The van der Waals surface area contributed by atoms with Crippen molar-refractivity contribution in [2.24, 2.45) is 5.41 Å². The molecule has 2 atom stereocenters. The maximum atomic E-state index is 10.1. The van der Waals surface area contributed by atoms with E-state index in [-0.39, 0.29) is 0 Å². The van der Waals surface area contributed by atoms with E-state index in [1.807, 2.05) is 16.8 Å². The maximum absolute atomic E-state index is 10.1. The number of ether oxygens (including phenoxy) is 1. The number of thiophene rings is 1. The molecular formula is C10H11NO2S. The van der Waals surface area contributed by atoms with Crippen LogP contribution in [0.25, 0.3) is 0 Å². The first kappa shape index (κ1) is 9.66. The molecule has 0 bridgehead atoms. The van der Waals surface area contributed by atoms with E-state index in [9.17, 15) is 5.11 Å². The van der Waals surface area contributed by atoms with Crippen LogP contribution < -0.4 is 0 Å². The van der Waals surface area contributed by atoms with E-state index >= 15 is 0 Å². The van der Waals surface area contributed by atoms with Crippen molar-refractivity contribution >= 4 is 11.3 Å². The number of hydrogen-bond donors (Lipinski definition) is 1. The molecule has 1 aliphatic heterocycles. The van der Waals surface area contributed by atoms with Crippen molar-refractivity contribution in [3.63, 3.8) is 0 Å². The first-order chi connectivity index (χ1) is 6.78. The van der Waals surface area contributed by atoms with Crippen LogP contribution in [0, 0.1) is 16.7 Å². The fourth-order valence-electron chi connectivity index (χ4n) is 1.70. The predicted octanol–water partition coefficient (Wildman–Crippen LogP) is 1.71. The Balaban J connectivity index is 2.25. The molecule has 2 unspecified atom stereocenters. The minimum absolute atomic E-state index is 0.334. The molecule has 0 radical (unpaired) electrons. The van der Waals surface area contributed by atoms with Gasteiger partial charge in [-0.15, -0.1) is 0 Å². The van der Waals surface area contributed by atoms with Crippen molar-refractivity contribution in [3.8, 4) is 6.07 Å². The summed E-state index contributed by atoms with van der Waals surface area (Å²) in [6.07, 6.45) is -0.109. The van der Waals surface area contributed by atoms with Gasteiger partial charge in [-0.3, -0.25) is 0 Å². The second-order valence-electron chi connectivity index (χ2n) is 3.53. The minimum atomic E-state index is -0.735. The number of rotatable bonds is 2. The highest BCUT2D eigenvalue weighted by Gasteiger charge is 2.43. The van der Waals surface area contributed by atoms with Gasteiger partial charge in [0.2, 0.25) is 0 Å². The number of nitrogens with zero attached hydrogens (tertiary/aromatic N) is 1. The lowest BCUT2D eigenvalue weighted by atomic mass is 9.80. The van der Waals surface area contributed by atoms with Crippen molar-refractivity contribution in [2.45, 2.75) is 12.5 Å². The average molecular weight is 209 g/mol. The molecule has 1 saturated heterocycles. The molecule has 4 heteroatoms. The molecule has 2 rings (SSSR count). The molecule has 1 N–H and O–H groups in total. The lowest BCUT2D eigenvalue weighted by Crippen LogP contribution is -2.27. The van der Waals surface area contributed by atoms with Crippen LogP contribution in [0.1, 0.15) is 18.1 Å². The predicted molar refractivity (Wildman–Crippen MR) is 52.8 cm³/mol. The van der Waals surface area contributed by atoms with Gasteiger partial charge in [-0.1, -0.05) is 0 Å². The lowest BCUT2D eigenvalue weighted by Gasteiger charge is -2.24. The van der Waals surface area contributed by atoms with Crippen molar-refractivity contribution in [1.82, 2.24) is 0 Å². The summed E-state index contributed by atoms with van der Waals surface area (Å²) in [4.78, 5) is 0. The van der Waals surface area contributed by atoms with Gasteiger partial charge in [-0.05, 0) is 28.8 Å². The van der Waals surface area contributed by atoms with E-state index in [0.29, 0.717) is 19.6 Å². The number of hydrogen-bond acceptors (Lipinski definition) is 4. The molecule has 1 aliphatic rings. The molecular weight excluding hydrogens is 198 g/mol. The molecule has 1 aromatic heterocycles. The van der Waals surface area contributed by atoms with E-state index in [2.05, 4.69) is 6.07 Å². The van der Waals surface area contributed by atoms with Crippen LogP contribution in [0.2, 0.25) is 0 Å². The summed E-state index contributed by atoms with van der Waals surface area (Å²) >= 11 is 1.53. The summed E-state index contributed by atoms with van der Waals surface area (Å²) in [5, 5.41) is 22.9. The lowest BCUT2D eigenvalue weighted by molar-refractivity contribution is 0.0507. The Morgan fingerprint density at radius 3 is 3.07 bits per heavy atom. The van der Waals surface area contributed by atoms with Crippen molar-refractivity contribution < 1.29 is 9.84 Å². The van der Waals surface area contributed by atoms with Gasteiger partial charge in [0.25, 0.3) is 0 Å². The smallest absolute Gasteiger partial charge is 0.113 e. The Morgan fingerprint density at radius 2 is 2.57 bits per heavy atom. The van der Waals surface area contributed by atoms with Gasteiger partial charge in [0.05, 0.1) is 12.7 Å². The molecule has 1 aromatic rings. The average Bonchev–Trinajstić information content (AvgIpc) is 2.89. The first-order valence-electron chi connectivity index (χ1n) is 4.48. The third-order valence-electron chi connectivity index (χ3n) is 2.66. The Bertz CT molecular complexity index is 336. The van der Waals surface area contributed by atoms with Gasteiger partial charge in [0.1, 0.15) is 11.5 Å². The third-order valence-corrected chi connectivity index (χ3v) is 3.36. The topological polar surface area (TPSA) is 53.2 Å². The number of aliphatic hydroxyl groups excluding tert-OH is 1. The molecule has 0 amide bonds. The monoisotopic (exact) mass is 209 g/mol. The minimum Gasteiger partial charge on any atom is -0.387 e. The second-order valence-corrected chi connectivity index (χ2v) is 4.31. The van der Waals surface area contributed by atoms with E-state index in [4.69, 9.17) is 10.00 Å². The van der Waals surface area contributed by atoms with Crippen LogP contribution >= 0.6 is 11.3 Å². The Hall–Kier alpha value is -0.890. The van der Waals surface area contributed by atoms with E-state index in [0.717, 1.165) is 5.56 Å². The zero-order chi connectivity index (χ0) is 10.0. The molecule has 0 aliphatic carbocycles. The first-order valence-corrected chi connectivity index (χ1v) is 5.42. The third kappa shape index (κ3) is 1.44. The molecule has 0 saturated carbocycles. The van der Waals surface area contributed by atoms with Gasteiger partial charge in [-0.2, -0.15) is 16.6 Å². The number of aliphatic hydroxyl groups is 1. The van der Waals surface area contributed by atoms with Gasteiger partial charge in [-0.25, -0.2) is 0 Å². The van der Waals surface area contributed by atoms with Crippen molar-refractivity contribution in [1.29, 1.82) is 5.26 Å². The highest BCUT2D eigenvalue weighted by Crippen LogP contribution is 2.40. The van der Waals surface area contributed by atoms with Gasteiger partial charge in [0, 0.05) is 6.61 Å². The maximum Gasteiger partial charge on any atom is 0.113 e. The fourth-order valence-corrected chi connectivity index (χ4v) is 2.37. The van der Waals surface area contributed by atoms with Crippen LogP contribution in [0.5, 0.6) is 0 Å². The standard InChI is InChI=1S/C10H11NO2S/c11-6-10(2-3-13-7-10)9(12)8-1-4-14-5-8/h1,4-5,9,12H,2-3,7H2. The fraction of sp³-hybridized carbons (Fsp3) is 0.500. The largest absolute Gasteiger partial charge is 0.387 e. The molecule has 14 heavy (non-hydrogen) atoms. The number of nitriles is 1. The molecule has 1 fully saturated rings. The van der Waals surface area contributed by atoms with Crippen LogP contribution in [-0.2, 0) is 4.74 Å². The normalized spacial score (nSPS) is 28.6. The van der Waals surface area contributed by atoms with Gasteiger partial charge >= 0.3 is 0 Å². The van der Waals surface area contributed by atoms with Crippen molar-refractivity contribution in [3.05, 3.63) is 22.4 Å². The van der Waals surface area contributed by atoms with Crippen LogP contribution in [-0.4, -0.2) is 18.3 Å². The molecule has 0 spiro atoms. The van der Waals surface area contributed by atoms with Gasteiger partial charge < -0.3 is 9.84 Å². The van der Waals surface area contributed by atoms with Gasteiger partial charge in [0.15, 0.2) is 0 Å². The Kier molecular flexibility index (Phi) is 2.55. The highest BCUT2D eigenvalue weighted by atomic mass is 32.1. The summed E-state index contributed by atoms with van der Waals surface area (Å²) < 4.78 is 5.19. The summed E-state index contributed by atoms with van der Waals surface area (Å²) in [5.74, 6) is 0. The second kappa shape index (κ2) is 3.70. The van der Waals surface area contributed by atoms with E-state index in [1.165, 1.54) is 11.3 Å². The summed E-state index contributed by atoms with van der Waals surface area (Å²) in [6, 6.07) is 4.05. The van der Waals surface area contributed by atoms with Crippen LogP contribution in [0.3, 0.4) is 0 Å². The van der Waals surface area contributed by atoms with Crippen molar-refractivity contribution in [2.75, 3.05) is 13.2 Å². The molecule has 74 valence electrons. The van der Waals surface area contributed by atoms with E-state index < -0.39 is 11.5 Å². The van der Waals surface area contributed by atoms with E-state index in [1.54, 1.807) is 0 Å². The zero-order valence-corrected chi connectivity index (χ0v) is 8.46. The molecule has 2 heterocycles. The van der Waals surface area contributed by atoms with Crippen LogP contribution in [0.4, 0.5) is 0 Å². The van der Waals surface area contributed by atoms with Crippen LogP contribution in [0.15, 0.2) is 16.8 Å². The quantitative estimate of drug-likeness (QED) is 0.806. The molecule has 0 aromatic carbocycles. The SMILES string of the molecule is N#CC1(C(O)c2ccsc2)CCOC1. The Morgan fingerprint density at radius 1 is 1.71 bits per heavy atom. The summed E-state index contributed by atoms with van der Waals surface area (Å²) in [7, 11) is 0. The highest BCUT2D eigenvalue weighted by molar-refractivity contribution is 7.07. The zero-order valence-electron chi connectivity index (χ0n) is 7.64. The summed E-state index contributed by atoms with van der Waals surface area (Å²) in [6.45, 7) is 0.898. The molecule has 3 nitrogen and oxygen atoms in total.